The fourth-order valence-corrected chi connectivity index (χ4v) is 2.86. The zero-order valence-electron chi connectivity index (χ0n) is 15.1. The third-order valence-corrected chi connectivity index (χ3v) is 4.53. The molecule has 0 unspecified atom stereocenters. The van der Waals surface area contributed by atoms with Crippen molar-refractivity contribution in [1.82, 2.24) is 9.80 Å². The van der Waals surface area contributed by atoms with Crippen molar-refractivity contribution >= 4 is 34.8 Å². The number of amides is 2. The lowest BCUT2D eigenvalue weighted by Gasteiger charge is -2.19. The van der Waals surface area contributed by atoms with E-state index in [1.807, 2.05) is 13.8 Å². The summed E-state index contributed by atoms with van der Waals surface area (Å²) in [6.07, 6.45) is 1.07. The van der Waals surface area contributed by atoms with Gasteiger partial charge in [0, 0.05) is 24.7 Å². The van der Waals surface area contributed by atoms with E-state index < -0.39 is 0 Å². The molecule has 6 nitrogen and oxygen atoms in total. The molecule has 2 amide bonds. The summed E-state index contributed by atoms with van der Waals surface area (Å²) in [6.45, 7) is 7.87. The number of hydrogen-bond donors (Lipinski definition) is 2. The minimum Gasteiger partial charge on any atom is -0.325 e. The van der Waals surface area contributed by atoms with Gasteiger partial charge in [-0.05, 0) is 44.8 Å². The molecule has 1 fully saturated rings. The molecule has 0 saturated carbocycles. The summed E-state index contributed by atoms with van der Waals surface area (Å²) >= 11 is 6.21. The highest BCUT2D eigenvalue weighted by atomic mass is 35.5. The molecule has 2 rings (SSSR count). The summed E-state index contributed by atoms with van der Waals surface area (Å²) in [7, 11) is 2.10. The molecule has 1 aliphatic heterocycles. The number of hydrogen-bond acceptors (Lipinski definition) is 4. The summed E-state index contributed by atoms with van der Waals surface area (Å²) in [4.78, 5) is 28.5. The Bertz CT molecular complexity index is 621. The molecule has 0 bridgehead atoms. The van der Waals surface area contributed by atoms with Crippen molar-refractivity contribution in [2.24, 2.45) is 5.92 Å². The highest BCUT2D eigenvalue weighted by Gasteiger charge is 2.16. The van der Waals surface area contributed by atoms with Gasteiger partial charge < -0.3 is 15.5 Å². The average molecular weight is 367 g/mol. The number of anilines is 2. The number of rotatable bonds is 5. The molecular formula is C18H27ClN4O2. The van der Waals surface area contributed by atoms with Gasteiger partial charge >= 0.3 is 0 Å². The monoisotopic (exact) mass is 366 g/mol. The van der Waals surface area contributed by atoms with E-state index in [2.05, 4.69) is 27.5 Å². The van der Waals surface area contributed by atoms with Crippen LogP contribution in [0.2, 0.25) is 5.02 Å². The van der Waals surface area contributed by atoms with Crippen LogP contribution in [0.3, 0.4) is 0 Å². The summed E-state index contributed by atoms with van der Waals surface area (Å²) in [5.74, 6) is -0.271. The smallest absolute Gasteiger partial charge is 0.238 e. The van der Waals surface area contributed by atoms with Crippen LogP contribution in [0.25, 0.3) is 0 Å². The Kier molecular flexibility index (Phi) is 7.23. The summed E-state index contributed by atoms with van der Waals surface area (Å²) < 4.78 is 0. The molecule has 7 heteroatoms. The molecule has 2 N–H and O–H groups in total. The first kappa shape index (κ1) is 19.7. The third-order valence-electron chi connectivity index (χ3n) is 4.21. The number of likely N-dealkylation sites (N-methyl/N-ethyl adjacent to an activating group) is 1. The Hall–Kier alpha value is -1.63. The van der Waals surface area contributed by atoms with E-state index >= 15 is 0 Å². The second kappa shape index (κ2) is 9.17. The van der Waals surface area contributed by atoms with Crippen molar-refractivity contribution in [3.63, 3.8) is 0 Å². The maximum Gasteiger partial charge on any atom is 0.238 e. The van der Waals surface area contributed by atoms with E-state index in [1.54, 1.807) is 18.2 Å². The van der Waals surface area contributed by atoms with Crippen molar-refractivity contribution in [1.29, 1.82) is 0 Å². The standard InChI is InChI=1S/C18H27ClN4O2/c1-13(2)18(25)21-16-6-5-14(11-15(16)19)20-17(24)12-23-8-4-7-22(3)9-10-23/h5-6,11,13H,4,7-10,12H2,1-3H3,(H,20,24)(H,21,25). The lowest BCUT2D eigenvalue weighted by atomic mass is 10.2. The van der Waals surface area contributed by atoms with Crippen LogP contribution < -0.4 is 10.6 Å². The van der Waals surface area contributed by atoms with Crippen molar-refractivity contribution in [3.8, 4) is 0 Å². The van der Waals surface area contributed by atoms with Crippen molar-refractivity contribution in [3.05, 3.63) is 23.2 Å². The number of nitrogens with zero attached hydrogens (tertiary/aromatic N) is 2. The van der Waals surface area contributed by atoms with Gasteiger partial charge in [0.25, 0.3) is 0 Å². The summed E-state index contributed by atoms with van der Waals surface area (Å²) in [5.41, 5.74) is 1.18. The van der Waals surface area contributed by atoms with Gasteiger partial charge in [0.1, 0.15) is 0 Å². The summed E-state index contributed by atoms with van der Waals surface area (Å²) in [6, 6.07) is 5.11. The second-order valence-electron chi connectivity index (χ2n) is 6.82. The number of benzene rings is 1. The number of carbonyl (C=O) groups is 2. The van der Waals surface area contributed by atoms with Crippen molar-refractivity contribution < 1.29 is 9.59 Å². The Morgan fingerprint density at radius 1 is 1.16 bits per heavy atom. The molecule has 0 aliphatic carbocycles. The van der Waals surface area contributed by atoms with Crippen LogP contribution in [-0.4, -0.2) is 61.4 Å². The van der Waals surface area contributed by atoms with Crippen LogP contribution in [0.5, 0.6) is 0 Å². The van der Waals surface area contributed by atoms with Crippen LogP contribution in [0.1, 0.15) is 20.3 Å². The second-order valence-corrected chi connectivity index (χ2v) is 7.23. The first-order chi connectivity index (χ1) is 11.8. The maximum atomic E-state index is 12.3. The normalized spacial score (nSPS) is 16.5. The van der Waals surface area contributed by atoms with E-state index in [9.17, 15) is 9.59 Å². The topological polar surface area (TPSA) is 64.7 Å². The van der Waals surface area contributed by atoms with Gasteiger partial charge in [-0.15, -0.1) is 0 Å². The zero-order chi connectivity index (χ0) is 18.4. The fourth-order valence-electron chi connectivity index (χ4n) is 2.63. The molecule has 1 aromatic carbocycles. The Labute approximate surface area is 154 Å². The predicted molar refractivity (Wildman–Crippen MR) is 102 cm³/mol. The Morgan fingerprint density at radius 3 is 2.60 bits per heavy atom. The molecule has 25 heavy (non-hydrogen) atoms. The van der Waals surface area contributed by atoms with Gasteiger partial charge in [0.05, 0.1) is 17.3 Å². The minimum absolute atomic E-state index is 0.0559. The fraction of sp³-hybridized carbons (Fsp3) is 0.556. The van der Waals surface area contributed by atoms with Crippen LogP contribution in [0.15, 0.2) is 18.2 Å². The molecule has 1 heterocycles. The lowest BCUT2D eigenvalue weighted by Crippen LogP contribution is -2.35. The number of halogens is 1. The highest BCUT2D eigenvalue weighted by Crippen LogP contribution is 2.26. The minimum atomic E-state index is -0.122. The van der Waals surface area contributed by atoms with Gasteiger partial charge in [-0.25, -0.2) is 0 Å². The molecule has 0 atom stereocenters. The molecule has 1 saturated heterocycles. The van der Waals surface area contributed by atoms with E-state index in [1.165, 1.54) is 0 Å². The first-order valence-electron chi connectivity index (χ1n) is 8.66. The quantitative estimate of drug-likeness (QED) is 0.840. The lowest BCUT2D eigenvalue weighted by molar-refractivity contribution is -0.119. The van der Waals surface area contributed by atoms with E-state index in [4.69, 9.17) is 11.6 Å². The van der Waals surface area contributed by atoms with Gasteiger partial charge in [0.15, 0.2) is 0 Å². The number of nitrogens with one attached hydrogen (secondary N) is 2. The maximum absolute atomic E-state index is 12.3. The molecule has 138 valence electrons. The zero-order valence-corrected chi connectivity index (χ0v) is 15.9. The molecule has 1 aliphatic rings. The molecule has 0 aromatic heterocycles. The van der Waals surface area contributed by atoms with Gasteiger partial charge in [0.2, 0.25) is 11.8 Å². The van der Waals surface area contributed by atoms with Crippen LogP contribution in [-0.2, 0) is 9.59 Å². The van der Waals surface area contributed by atoms with E-state index in [0.29, 0.717) is 22.9 Å². The summed E-state index contributed by atoms with van der Waals surface area (Å²) in [5, 5.41) is 6.05. The van der Waals surface area contributed by atoms with Crippen LogP contribution in [0, 0.1) is 5.92 Å². The van der Waals surface area contributed by atoms with Crippen LogP contribution >= 0.6 is 11.6 Å². The number of carbonyl (C=O) groups excluding carboxylic acids is 2. The Balaban J connectivity index is 1.90. The van der Waals surface area contributed by atoms with Gasteiger partial charge in [-0.3, -0.25) is 14.5 Å². The first-order valence-corrected chi connectivity index (χ1v) is 9.04. The van der Waals surface area contributed by atoms with Gasteiger partial charge in [-0.1, -0.05) is 25.4 Å². The molecule has 0 radical (unpaired) electrons. The molecular weight excluding hydrogens is 340 g/mol. The van der Waals surface area contributed by atoms with Gasteiger partial charge in [-0.2, -0.15) is 0 Å². The highest BCUT2D eigenvalue weighted by molar-refractivity contribution is 6.34. The Morgan fingerprint density at radius 2 is 1.92 bits per heavy atom. The molecule has 1 aromatic rings. The largest absolute Gasteiger partial charge is 0.325 e. The van der Waals surface area contributed by atoms with Crippen molar-refractivity contribution in [2.45, 2.75) is 20.3 Å². The van der Waals surface area contributed by atoms with Crippen LogP contribution in [0.4, 0.5) is 11.4 Å². The predicted octanol–water partition coefficient (Wildman–Crippen LogP) is 2.51. The third kappa shape index (κ3) is 6.30. The SMILES string of the molecule is CC(C)C(=O)Nc1ccc(NC(=O)CN2CCCN(C)CC2)cc1Cl. The van der Waals surface area contributed by atoms with E-state index in [0.717, 1.165) is 32.6 Å². The van der Waals surface area contributed by atoms with Crippen molar-refractivity contribution in [2.75, 3.05) is 50.4 Å². The molecule has 0 spiro atoms. The van der Waals surface area contributed by atoms with E-state index in [-0.39, 0.29) is 17.7 Å². The average Bonchev–Trinajstić information content (AvgIpc) is 2.74.